The zero-order valence-electron chi connectivity index (χ0n) is 19.8. The highest BCUT2D eigenvalue weighted by atomic mass is 16.3. The number of carbonyl (C=O) groups is 1. The van der Waals surface area contributed by atoms with Gasteiger partial charge in [0.1, 0.15) is 17.7 Å². The maximum absolute atomic E-state index is 12.2. The highest BCUT2D eigenvalue weighted by Gasteiger charge is 2.22. The van der Waals surface area contributed by atoms with Crippen LogP contribution in [0.1, 0.15) is 24.8 Å². The monoisotopic (exact) mass is 485 g/mol. The third-order valence-electron chi connectivity index (χ3n) is 6.25. The lowest BCUT2D eigenvalue weighted by Crippen LogP contribution is -2.32. The highest BCUT2D eigenvalue weighted by molar-refractivity contribution is 5.91. The lowest BCUT2D eigenvalue weighted by Gasteiger charge is -2.18. The fourth-order valence-electron chi connectivity index (χ4n) is 4.45. The lowest BCUT2D eigenvalue weighted by molar-refractivity contribution is -0.117. The number of rotatable bonds is 7. The third-order valence-corrected chi connectivity index (χ3v) is 6.25. The third kappa shape index (κ3) is 5.56. The van der Waals surface area contributed by atoms with E-state index in [0.717, 1.165) is 37.3 Å². The Balaban J connectivity index is 1.23. The van der Waals surface area contributed by atoms with Crippen molar-refractivity contribution in [3.05, 3.63) is 48.4 Å². The fraction of sp³-hybridized carbons (Fsp3) is 0.360. The zero-order valence-corrected chi connectivity index (χ0v) is 19.8. The maximum atomic E-state index is 12.2. The molecule has 11 heteroatoms. The van der Waals surface area contributed by atoms with E-state index in [9.17, 15) is 15.2 Å². The predicted molar refractivity (Wildman–Crippen MR) is 135 cm³/mol. The number of anilines is 4. The summed E-state index contributed by atoms with van der Waals surface area (Å²) in [6.07, 6.45) is 7.52. The van der Waals surface area contributed by atoms with Crippen LogP contribution in [0, 0.1) is 11.3 Å². The lowest BCUT2D eigenvalue weighted by atomic mass is 10.1. The minimum Gasteiger partial charge on any atom is -0.392 e. The molecule has 0 radical (unpaired) electrons. The van der Waals surface area contributed by atoms with Gasteiger partial charge in [-0.25, -0.2) is 19.9 Å². The number of aliphatic hydroxyl groups is 1. The zero-order chi connectivity index (χ0) is 24.9. The van der Waals surface area contributed by atoms with Crippen LogP contribution < -0.4 is 15.5 Å². The smallest absolute Gasteiger partial charge is 0.239 e. The van der Waals surface area contributed by atoms with Crippen LogP contribution in [-0.4, -0.2) is 74.7 Å². The van der Waals surface area contributed by atoms with Gasteiger partial charge in [-0.2, -0.15) is 5.26 Å². The van der Waals surface area contributed by atoms with E-state index in [-0.39, 0.29) is 18.6 Å². The van der Waals surface area contributed by atoms with Gasteiger partial charge < -0.3 is 20.6 Å². The number of likely N-dealkylation sites (tertiary alicyclic amines) is 1. The summed E-state index contributed by atoms with van der Waals surface area (Å²) in [5.41, 5.74) is 2.58. The van der Waals surface area contributed by atoms with E-state index < -0.39 is 0 Å². The van der Waals surface area contributed by atoms with Crippen LogP contribution in [0.25, 0.3) is 11.3 Å². The number of nitriles is 1. The Morgan fingerprint density at radius 2 is 2.00 bits per heavy atom. The molecule has 0 spiro atoms. The Morgan fingerprint density at radius 3 is 2.72 bits per heavy atom. The van der Waals surface area contributed by atoms with Crippen molar-refractivity contribution in [2.75, 3.05) is 48.3 Å². The number of nitrogens with one attached hydrogen (secondary N) is 2. The second-order valence-electron chi connectivity index (χ2n) is 8.95. The Labute approximate surface area is 208 Å². The molecule has 1 atom stereocenters. The molecule has 36 heavy (non-hydrogen) atoms. The molecule has 184 valence electrons. The first-order chi connectivity index (χ1) is 17.6. The predicted octanol–water partition coefficient (Wildman–Crippen LogP) is 2.15. The van der Waals surface area contributed by atoms with Crippen LogP contribution in [-0.2, 0) is 4.79 Å². The summed E-state index contributed by atoms with van der Waals surface area (Å²) in [4.78, 5) is 34.0. The van der Waals surface area contributed by atoms with Crippen LogP contribution in [0.4, 0.5) is 23.3 Å². The number of hydrogen-bond donors (Lipinski definition) is 3. The first kappa shape index (κ1) is 23.6. The van der Waals surface area contributed by atoms with Crippen molar-refractivity contribution in [2.24, 2.45) is 0 Å². The number of pyridine rings is 2. The van der Waals surface area contributed by atoms with Crippen molar-refractivity contribution in [1.82, 2.24) is 24.8 Å². The van der Waals surface area contributed by atoms with Crippen molar-refractivity contribution >= 4 is 29.2 Å². The SMILES string of the molecule is N#Cc1cc(-c2ccnc(Nc3ccc(NC(=O)CN4CC[C@H](O)C4)nc3)n2)cnc1N1CCCC1. The van der Waals surface area contributed by atoms with Crippen molar-refractivity contribution in [1.29, 1.82) is 5.26 Å². The average molecular weight is 486 g/mol. The molecule has 11 nitrogen and oxygen atoms in total. The van der Waals surface area contributed by atoms with E-state index in [4.69, 9.17) is 0 Å². The number of carbonyl (C=O) groups excluding carboxylic acids is 1. The average Bonchev–Trinajstić information content (AvgIpc) is 3.57. The molecular formula is C25H27N9O2. The maximum Gasteiger partial charge on any atom is 0.239 e. The summed E-state index contributed by atoms with van der Waals surface area (Å²) in [5, 5.41) is 25.1. The Morgan fingerprint density at radius 1 is 1.14 bits per heavy atom. The van der Waals surface area contributed by atoms with Gasteiger partial charge in [-0.1, -0.05) is 0 Å². The minimum absolute atomic E-state index is 0.172. The van der Waals surface area contributed by atoms with Crippen molar-refractivity contribution in [2.45, 2.75) is 25.4 Å². The molecular weight excluding hydrogens is 458 g/mol. The standard InChI is InChI=1S/C25H27N9O2/c26-12-17-11-18(13-29-24(17)34-8-1-2-9-34)21-5-7-27-25(31-21)30-19-3-4-22(28-14-19)32-23(36)16-33-10-6-20(35)15-33/h3-5,7,11,13-14,20,35H,1-2,6,8-10,15-16H2,(H,27,30,31)(H,28,32,36)/t20-/m0/s1. The van der Waals surface area contributed by atoms with Gasteiger partial charge in [0.25, 0.3) is 0 Å². The van der Waals surface area contributed by atoms with Crippen molar-refractivity contribution in [3.63, 3.8) is 0 Å². The van der Waals surface area contributed by atoms with Crippen molar-refractivity contribution in [3.8, 4) is 17.3 Å². The topological polar surface area (TPSA) is 143 Å². The number of aliphatic hydroxyl groups excluding tert-OH is 1. The molecule has 1 amide bonds. The van der Waals surface area contributed by atoms with Gasteiger partial charge >= 0.3 is 0 Å². The molecule has 5 heterocycles. The summed E-state index contributed by atoms with van der Waals surface area (Å²) in [5.74, 6) is 1.37. The molecule has 0 bridgehead atoms. The van der Waals surface area contributed by atoms with Gasteiger partial charge in [-0.3, -0.25) is 9.69 Å². The number of β-amino-alcohol motifs (C(OH)–C–C–N with tert-alkyl or cyclic N) is 1. The van der Waals surface area contributed by atoms with Crippen LogP contribution >= 0.6 is 0 Å². The molecule has 0 saturated carbocycles. The van der Waals surface area contributed by atoms with E-state index in [0.29, 0.717) is 48.2 Å². The summed E-state index contributed by atoms with van der Waals surface area (Å²) >= 11 is 0. The Hall–Kier alpha value is -4.14. The van der Waals surface area contributed by atoms with E-state index in [1.807, 2.05) is 11.0 Å². The molecule has 2 aliphatic rings. The van der Waals surface area contributed by atoms with Crippen LogP contribution in [0.2, 0.25) is 0 Å². The van der Waals surface area contributed by atoms with E-state index in [1.165, 1.54) is 0 Å². The van der Waals surface area contributed by atoms with Crippen LogP contribution in [0.15, 0.2) is 42.9 Å². The van der Waals surface area contributed by atoms with Gasteiger partial charge in [0.2, 0.25) is 11.9 Å². The van der Waals surface area contributed by atoms with Crippen LogP contribution in [0.3, 0.4) is 0 Å². The first-order valence-electron chi connectivity index (χ1n) is 12.0. The molecule has 3 aromatic heterocycles. The number of nitrogens with zero attached hydrogens (tertiary/aromatic N) is 7. The van der Waals surface area contributed by atoms with Gasteiger partial charge in [0.15, 0.2) is 0 Å². The summed E-state index contributed by atoms with van der Waals surface area (Å²) in [7, 11) is 0. The first-order valence-corrected chi connectivity index (χ1v) is 12.0. The van der Waals surface area contributed by atoms with Gasteiger partial charge in [0.05, 0.1) is 35.8 Å². The molecule has 0 aliphatic carbocycles. The number of hydrogen-bond acceptors (Lipinski definition) is 10. The Kier molecular flexibility index (Phi) is 6.97. The summed E-state index contributed by atoms with van der Waals surface area (Å²) < 4.78 is 0. The second kappa shape index (κ2) is 10.6. The van der Waals surface area contributed by atoms with Gasteiger partial charge in [-0.05, 0) is 43.5 Å². The molecule has 0 unspecified atom stereocenters. The quantitative estimate of drug-likeness (QED) is 0.455. The number of amides is 1. The van der Waals surface area contributed by atoms with Gasteiger partial charge in [-0.15, -0.1) is 0 Å². The molecule has 2 aliphatic heterocycles. The fourth-order valence-corrected chi connectivity index (χ4v) is 4.45. The molecule has 5 rings (SSSR count). The van der Waals surface area contributed by atoms with E-state index in [2.05, 4.69) is 41.5 Å². The summed E-state index contributed by atoms with van der Waals surface area (Å²) in [6.45, 7) is 3.28. The molecule has 2 saturated heterocycles. The molecule has 2 fully saturated rings. The number of aromatic nitrogens is 4. The van der Waals surface area contributed by atoms with E-state index in [1.54, 1.807) is 36.8 Å². The minimum atomic E-state index is -0.360. The molecule has 3 aromatic rings. The highest BCUT2D eigenvalue weighted by Crippen LogP contribution is 2.26. The summed E-state index contributed by atoms with van der Waals surface area (Å²) in [6, 6.07) is 9.32. The normalized spacial score (nSPS) is 17.7. The van der Waals surface area contributed by atoms with Crippen LogP contribution in [0.5, 0.6) is 0 Å². The van der Waals surface area contributed by atoms with Crippen molar-refractivity contribution < 1.29 is 9.90 Å². The van der Waals surface area contributed by atoms with Gasteiger partial charge in [0, 0.05) is 44.1 Å². The second-order valence-corrected chi connectivity index (χ2v) is 8.95. The van der Waals surface area contributed by atoms with E-state index >= 15 is 0 Å². The molecule has 0 aromatic carbocycles. The molecule has 3 N–H and O–H groups in total. The largest absolute Gasteiger partial charge is 0.392 e. The Bertz CT molecular complexity index is 1270.